The van der Waals surface area contributed by atoms with Gasteiger partial charge in [-0.15, -0.1) is 0 Å². The minimum atomic E-state index is -3.52. The first-order valence-corrected chi connectivity index (χ1v) is 9.65. The highest BCUT2D eigenvalue weighted by molar-refractivity contribution is 7.92. The van der Waals surface area contributed by atoms with Crippen LogP contribution in [0.1, 0.15) is 6.42 Å². The van der Waals surface area contributed by atoms with Crippen LogP contribution in [0.5, 0.6) is 0 Å². The van der Waals surface area contributed by atoms with Gasteiger partial charge in [0.05, 0.1) is 11.9 Å². The molecular formula is C16H16Cl2N2O3S. The van der Waals surface area contributed by atoms with Crippen molar-refractivity contribution >= 4 is 50.5 Å². The third kappa shape index (κ3) is 5.40. The van der Waals surface area contributed by atoms with E-state index in [0.29, 0.717) is 21.4 Å². The Kier molecular flexibility index (Phi) is 6.10. The van der Waals surface area contributed by atoms with Crippen LogP contribution in [0, 0.1) is 0 Å². The molecule has 1 amide bonds. The molecule has 2 aromatic carbocycles. The summed E-state index contributed by atoms with van der Waals surface area (Å²) in [5, 5.41) is 3.70. The first-order valence-electron chi connectivity index (χ1n) is 7.04. The molecule has 2 aromatic rings. The lowest BCUT2D eigenvalue weighted by Gasteiger charge is -2.22. The van der Waals surface area contributed by atoms with Crippen molar-refractivity contribution in [3.8, 4) is 0 Å². The van der Waals surface area contributed by atoms with E-state index in [4.69, 9.17) is 23.2 Å². The maximum Gasteiger partial charge on any atom is 0.232 e. The minimum Gasteiger partial charge on any atom is -0.326 e. The molecule has 0 spiro atoms. The van der Waals surface area contributed by atoms with Crippen LogP contribution in [0.4, 0.5) is 11.4 Å². The molecule has 5 nitrogen and oxygen atoms in total. The van der Waals surface area contributed by atoms with Crippen molar-refractivity contribution in [1.82, 2.24) is 0 Å². The van der Waals surface area contributed by atoms with E-state index in [1.54, 1.807) is 48.5 Å². The molecule has 0 unspecified atom stereocenters. The Morgan fingerprint density at radius 1 is 1.08 bits per heavy atom. The zero-order valence-electron chi connectivity index (χ0n) is 12.9. The summed E-state index contributed by atoms with van der Waals surface area (Å²) >= 11 is 11.7. The van der Waals surface area contributed by atoms with Gasteiger partial charge in [-0.1, -0.05) is 29.3 Å². The van der Waals surface area contributed by atoms with E-state index >= 15 is 0 Å². The van der Waals surface area contributed by atoms with Gasteiger partial charge in [0.2, 0.25) is 15.9 Å². The van der Waals surface area contributed by atoms with E-state index in [2.05, 4.69) is 5.32 Å². The summed E-state index contributed by atoms with van der Waals surface area (Å²) in [6, 6.07) is 13.1. The third-order valence-corrected chi connectivity index (χ3v) is 4.85. The van der Waals surface area contributed by atoms with E-state index in [-0.39, 0.29) is 18.9 Å². The van der Waals surface area contributed by atoms with E-state index in [1.165, 1.54) is 4.31 Å². The number of benzene rings is 2. The highest BCUT2D eigenvalue weighted by Crippen LogP contribution is 2.21. The van der Waals surface area contributed by atoms with Gasteiger partial charge in [0.25, 0.3) is 0 Å². The van der Waals surface area contributed by atoms with Crippen LogP contribution in [0.2, 0.25) is 10.0 Å². The normalized spacial score (nSPS) is 11.1. The van der Waals surface area contributed by atoms with E-state index in [9.17, 15) is 13.2 Å². The number of amides is 1. The maximum atomic E-state index is 12.0. The number of halogens is 2. The summed E-state index contributed by atoms with van der Waals surface area (Å²) in [6.07, 6.45) is 1.10. The fraction of sp³-hybridized carbons (Fsp3) is 0.188. The van der Waals surface area contributed by atoms with Gasteiger partial charge in [0.1, 0.15) is 0 Å². The standard InChI is InChI=1S/C16H16Cl2N2O3S/c1-24(22,23)20(15-7-5-12(17)6-8-15)10-9-16(21)19-14-4-2-3-13(18)11-14/h2-8,11H,9-10H2,1H3,(H,19,21). The smallest absolute Gasteiger partial charge is 0.232 e. The molecule has 24 heavy (non-hydrogen) atoms. The van der Waals surface area contributed by atoms with Crippen LogP contribution in [-0.4, -0.2) is 27.1 Å². The number of carbonyl (C=O) groups excluding carboxylic acids is 1. The number of hydrogen-bond acceptors (Lipinski definition) is 3. The Morgan fingerprint density at radius 3 is 2.33 bits per heavy atom. The summed E-state index contributed by atoms with van der Waals surface area (Å²) in [6.45, 7) is 0.0207. The Hall–Kier alpha value is -1.76. The number of anilines is 2. The number of carbonyl (C=O) groups is 1. The van der Waals surface area contributed by atoms with E-state index in [1.807, 2.05) is 0 Å². The predicted molar refractivity (Wildman–Crippen MR) is 98.3 cm³/mol. The van der Waals surface area contributed by atoms with Gasteiger partial charge in [0, 0.05) is 28.7 Å². The van der Waals surface area contributed by atoms with E-state index in [0.717, 1.165) is 6.26 Å². The molecule has 128 valence electrons. The molecule has 0 aromatic heterocycles. The summed E-state index contributed by atoms with van der Waals surface area (Å²) in [5.41, 5.74) is 1.02. The summed E-state index contributed by atoms with van der Waals surface area (Å²) in [7, 11) is -3.52. The fourth-order valence-electron chi connectivity index (χ4n) is 2.09. The van der Waals surface area contributed by atoms with Crippen molar-refractivity contribution < 1.29 is 13.2 Å². The predicted octanol–water partition coefficient (Wildman–Crippen LogP) is 3.79. The number of hydrogen-bond donors (Lipinski definition) is 1. The molecule has 0 fully saturated rings. The first-order chi connectivity index (χ1) is 11.3. The van der Waals surface area contributed by atoms with Crippen LogP contribution >= 0.6 is 23.2 Å². The Morgan fingerprint density at radius 2 is 1.75 bits per heavy atom. The molecule has 0 aliphatic carbocycles. The van der Waals surface area contributed by atoms with Gasteiger partial charge in [-0.05, 0) is 42.5 Å². The van der Waals surface area contributed by atoms with Crippen LogP contribution in [0.25, 0.3) is 0 Å². The van der Waals surface area contributed by atoms with Crippen LogP contribution in [0.3, 0.4) is 0 Å². The first kappa shape index (κ1) is 18.6. The van der Waals surface area contributed by atoms with Crippen LogP contribution < -0.4 is 9.62 Å². The topological polar surface area (TPSA) is 66.5 Å². The average Bonchev–Trinajstić information content (AvgIpc) is 2.48. The lowest BCUT2D eigenvalue weighted by atomic mass is 10.3. The van der Waals surface area contributed by atoms with Crippen molar-refractivity contribution in [2.75, 3.05) is 22.4 Å². The van der Waals surface area contributed by atoms with Gasteiger partial charge < -0.3 is 5.32 Å². The zero-order valence-corrected chi connectivity index (χ0v) is 15.2. The highest BCUT2D eigenvalue weighted by Gasteiger charge is 2.18. The van der Waals surface area contributed by atoms with Crippen molar-refractivity contribution in [2.24, 2.45) is 0 Å². The summed E-state index contributed by atoms with van der Waals surface area (Å²) < 4.78 is 25.1. The fourth-order valence-corrected chi connectivity index (χ4v) is 3.33. The highest BCUT2D eigenvalue weighted by atomic mass is 35.5. The van der Waals surface area contributed by atoms with Gasteiger partial charge >= 0.3 is 0 Å². The molecule has 0 heterocycles. The monoisotopic (exact) mass is 386 g/mol. The summed E-state index contributed by atoms with van der Waals surface area (Å²) in [5.74, 6) is -0.306. The molecule has 0 saturated heterocycles. The number of nitrogens with one attached hydrogen (secondary N) is 1. The largest absolute Gasteiger partial charge is 0.326 e. The molecule has 0 atom stereocenters. The lowest BCUT2D eigenvalue weighted by Crippen LogP contribution is -2.33. The molecule has 8 heteroatoms. The second-order valence-corrected chi connectivity index (χ2v) is 7.90. The second-order valence-electron chi connectivity index (χ2n) is 5.12. The molecule has 1 N–H and O–H groups in total. The molecule has 2 rings (SSSR count). The Labute approximate surface area is 151 Å². The molecule has 0 saturated carbocycles. The number of rotatable bonds is 6. The van der Waals surface area contributed by atoms with Crippen molar-refractivity contribution in [1.29, 1.82) is 0 Å². The van der Waals surface area contributed by atoms with Gasteiger partial charge in [-0.2, -0.15) is 0 Å². The molecular weight excluding hydrogens is 371 g/mol. The zero-order chi connectivity index (χ0) is 17.7. The SMILES string of the molecule is CS(=O)(=O)N(CCC(=O)Nc1cccc(Cl)c1)c1ccc(Cl)cc1. The van der Waals surface area contributed by atoms with Crippen LogP contribution in [-0.2, 0) is 14.8 Å². The van der Waals surface area contributed by atoms with Gasteiger partial charge in [-0.3, -0.25) is 9.10 Å². The van der Waals surface area contributed by atoms with Crippen molar-refractivity contribution in [3.05, 3.63) is 58.6 Å². The molecule has 0 bridgehead atoms. The van der Waals surface area contributed by atoms with E-state index < -0.39 is 10.0 Å². The lowest BCUT2D eigenvalue weighted by molar-refractivity contribution is -0.116. The molecule has 0 aliphatic rings. The quantitative estimate of drug-likeness (QED) is 0.820. The minimum absolute atomic E-state index is 0.00219. The van der Waals surface area contributed by atoms with Crippen LogP contribution in [0.15, 0.2) is 48.5 Å². The average molecular weight is 387 g/mol. The molecule has 0 radical (unpaired) electrons. The van der Waals surface area contributed by atoms with Gasteiger partial charge in [0.15, 0.2) is 0 Å². The number of nitrogens with zero attached hydrogens (tertiary/aromatic N) is 1. The maximum absolute atomic E-state index is 12.0. The van der Waals surface area contributed by atoms with Gasteiger partial charge in [-0.25, -0.2) is 8.42 Å². The Balaban J connectivity index is 2.05. The molecule has 0 aliphatic heterocycles. The Bertz CT molecular complexity index is 823. The summed E-state index contributed by atoms with van der Waals surface area (Å²) in [4.78, 5) is 12.0. The second kappa shape index (κ2) is 7.88. The number of sulfonamides is 1. The van der Waals surface area contributed by atoms with Crippen molar-refractivity contribution in [3.63, 3.8) is 0 Å². The third-order valence-electron chi connectivity index (χ3n) is 3.17. The van der Waals surface area contributed by atoms with Crippen molar-refractivity contribution in [2.45, 2.75) is 6.42 Å².